The molecule has 0 saturated heterocycles. The molecule has 0 aromatic carbocycles. The fourth-order valence-electron chi connectivity index (χ4n) is 4.51. The van der Waals surface area contributed by atoms with Gasteiger partial charge >= 0.3 is 0 Å². The first-order valence-electron chi connectivity index (χ1n) is 8.07. The Morgan fingerprint density at radius 1 is 0.944 bits per heavy atom. The SMILES string of the molecule is CC1CCCCC1(O)C1(CN)CCCCCCC1. The Kier molecular flexibility index (Phi) is 4.71. The second kappa shape index (κ2) is 5.92. The molecule has 2 atom stereocenters. The molecule has 0 radical (unpaired) electrons. The minimum absolute atomic E-state index is 0.00720. The van der Waals surface area contributed by atoms with E-state index in [1.54, 1.807) is 0 Å². The van der Waals surface area contributed by atoms with Gasteiger partial charge in [0, 0.05) is 12.0 Å². The molecule has 18 heavy (non-hydrogen) atoms. The van der Waals surface area contributed by atoms with E-state index in [0.29, 0.717) is 12.5 Å². The molecule has 2 aliphatic carbocycles. The maximum Gasteiger partial charge on any atom is 0.0741 e. The topological polar surface area (TPSA) is 46.2 Å². The molecule has 0 aromatic heterocycles. The molecule has 2 aliphatic rings. The zero-order chi connectivity index (χ0) is 13.1. The van der Waals surface area contributed by atoms with E-state index < -0.39 is 5.60 Å². The van der Waals surface area contributed by atoms with Gasteiger partial charge in [-0.2, -0.15) is 0 Å². The maximum atomic E-state index is 11.4. The summed E-state index contributed by atoms with van der Waals surface area (Å²) >= 11 is 0. The van der Waals surface area contributed by atoms with Crippen LogP contribution in [0.1, 0.15) is 77.6 Å². The van der Waals surface area contributed by atoms with Crippen LogP contribution in [0.4, 0.5) is 0 Å². The van der Waals surface area contributed by atoms with Crippen molar-refractivity contribution >= 4 is 0 Å². The number of nitrogens with two attached hydrogens (primary N) is 1. The maximum absolute atomic E-state index is 11.4. The Labute approximate surface area is 112 Å². The molecule has 0 spiro atoms. The van der Waals surface area contributed by atoms with Crippen molar-refractivity contribution in [3.63, 3.8) is 0 Å². The lowest BCUT2D eigenvalue weighted by Crippen LogP contribution is -2.57. The van der Waals surface area contributed by atoms with Crippen LogP contribution in [0, 0.1) is 11.3 Å². The van der Waals surface area contributed by atoms with E-state index in [1.165, 1.54) is 51.4 Å². The Balaban J connectivity index is 2.21. The summed E-state index contributed by atoms with van der Waals surface area (Å²) < 4.78 is 0. The molecule has 0 heterocycles. The minimum atomic E-state index is -0.489. The molecular formula is C16H31NO. The molecule has 2 heteroatoms. The number of aliphatic hydroxyl groups is 1. The van der Waals surface area contributed by atoms with Gasteiger partial charge in [0.1, 0.15) is 0 Å². The molecule has 3 N–H and O–H groups in total. The van der Waals surface area contributed by atoms with Crippen molar-refractivity contribution in [1.82, 2.24) is 0 Å². The van der Waals surface area contributed by atoms with Crippen LogP contribution < -0.4 is 5.73 Å². The summed E-state index contributed by atoms with van der Waals surface area (Å²) in [4.78, 5) is 0. The molecule has 106 valence electrons. The summed E-state index contributed by atoms with van der Waals surface area (Å²) in [5, 5.41) is 11.4. The molecule has 2 unspecified atom stereocenters. The number of hydrogen-bond donors (Lipinski definition) is 2. The fourth-order valence-corrected chi connectivity index (χ4v) is 4.51. The first-order valence-corrected chi connectivity index (χ1v) is 8.07. The van der Waals surface area contributed by atoms with Gasteiger partial charge in [-0.3, -0.25) is 0 Å². The summed E-state index contributed by atoms with van der Waals surface area (Å²) in [6.45, 7) is 2.92. The van der Waals surface area contributed by atoms with E-state index >= 15 is 0 Å². The third kappa shape index (κ3) is 2.46. The Morgan fingerprint density at radius 2 is 1.50 bits per heavy atom. The van der Waals surface area contributed by atoms with E-state index in [-0.39, 0.29) is 5.41 Å². The molecule has 0 aromatic rings. The van der Waals surface area contributed by atoms with Crippen molar-refractivity contribution in [3.8, 4) is 0 Å². The molecule has 0 bridgehead atoms. The predicted octanol–water partition coefficient (Wildman–Crippen LogP) is 3.62. The van der Waals surface area contributed by atoms with E-state index in [4.69, 9.17) is 5.73 Å². The number of hydrogen-bond acceptors (Lipinski definition) is 2. The third-order valence-corrected chi connectivity index (χ3v) is 5.88. The summed E-state index contributed by atoms with van der Waals surface area (Å²) in [5.41, 5.74) is 5.70. The zero-order valence-corrected chi connectivity index (χ0v) is 12.1. The highest BCUT2D eigenvalue weighted by molar-refractivity contribution is 5.04. The summed E-state index contributed by atoms with van der Waals surface area (Å²) in [6.07, 6.45) is 13.4. The van der Waals surface area contributed by atoms with E-state index in [9.17, 15) is 5.11 Å². The molecule has 2 rings (SSSR count). The van der Waals surface area contributed by atoms with Crippen LogP contribution in [0.15, 0.2) is 0 Å². The van der Waals surface area contributed by atoms with Gasteiger partial charge in [-0.15, -0.1) is 0 Å². The van der Waals surface area contributed by atoms with Crippen molar-refractivity contribution in [3.05, 3.63) is 0 Å². The average molecular weight is 253 g/mol. The Morgan fingerprint density at radius 3 is 2.06 bits per heavy atom. The highest BCUT2D eigenvalue weighted by Gasteiger charge is 2.52. The van der Waals surface area contributed by atoms with Gasteiger partial charge in [-0.1, -0.05) is 51.9 Å². The van der Waals surface area contributed by atoms with Crippen LogP contribution >= 0.6 is 0 Å². The lowest BCUT2D eigenvalue weighted by Gasteiger charge is -2.53. The molecular weight excluding hydrogens is 222 g/mol. The minimum Gasteiger partial charge on any atom is -0.389 e. The monoisotopic (exact) mass is 253 g/mol. The normalized spacial score (nSPS) is 37.8. The standard InChI is InChI=1S/C16H31NO/c1-14-9-5-8-12-16(14,18)15(13-17)10-6-3-2-4-7-11-15/h14,18H,2-13,17H2,1H3. The van der Waals surface area contributed by atoms with Crippen molar-refractivity contribution in [2.45, 2.75) is 83.2 Å². The van der Waals surface area contributed by atoms with E-state index in [1.807, 2.05) is 0 Å². The van der Waals surface area contributed by atoms with E-state index in [2.05, 4.69) is 6.92 Å². The Bertz CT molecular complexity index is 258. The summed E-state index contributed by atoms with van der Waals surface area (Å²) in [5.74, 6) is 0.425. The smallest absolute Gasteiger partial charge is 0.0741 e. The summed E-state index contributed by atoms with van der Waals surface area (Å²) in [6, 6.07) is 0. The molecule has 2 saturated carbocycles. The largest absolute Gasteiger partial charge is 0.389 e. The average Bonchev–Trinajstić information content (AvgIpc) is 2.33. The molecule has 2 fully saturated rings. The lowest BCUT2D eigenvalue weighted by atomic mass is 9.56. The van der Waals surface area contributed by atoms with Crippen LogP contribution in [0.3, 0.4) is 0 Å². The second-order valence-corrected chi connectivity index (χ2v) is 6.82. The van der Waals surface area contributed by atoms with Gasteiger partial charge in [-0.25, -0.2) is 0 Å². The molecule has 0 aliphatic heterocycles. The van der Waals surface area contributed by atoms with Gasteiger partial charge in [-0.05, 0) is 31.6 Å². The highest BCUT2D eigenvalue weighted by atomic mass is 16.3. The van der Waals surface area contributed by atoms with Crippen LogP contribution in [0.25, 0.3) is 0 Å². The predicted molar refractivity (Wildman–Crippen MR) is 76.4 cm³/mol. The first kappa shape index (κ1) is 14.3. The van der Waals surface area contributed by atoms with Gasteiger partial charge in [0.25, 0.3) is 0 Å². The van der Waals surface area contributed by atoms with Crippen molar-refractivity contribution in [2.24, 2.45) is 17.1 Å². The van der Waals surface area contributed by atoms with Crippen LogP contribution in [-0.2, 0) is 0 Å². The van der Waals surface area contributed by atoms with Crippen molar-refractivity contribution < 1.29 is 5.11 Å². The van der Waals surface area contributed by atoms with Gasteiger partial charge in [0.2, 0.25) is 0 Å². The second-order valence-electron chi connectivity index (χ2n) is 6.82. The molecule has 0 amide bonds. The van der Waals surface area contributed by atoms with Gasteiger partial charge in [0.15, 0.2) is 0 Å². The quantitative estimate of drug-likeness (QED) is 0.789. The Hall–Kier alpha value is -0.0800. The van der Waals surface area contributed by atoms with Gasteiger partial charge < -0.3 is 10.8 Å². The highest BCUT2D eigenvalue weighted by Crippen LogP contribution is 2.51. The van der Waals surface area contributed by atoms with Crippen molar-refractivity contribution in [2.75, 3.05) is 6.54 Å². The van der Waals surface area contributed by atoms with Gasteiger partial charge in [0.05, 0.1) is 5.60 Å². The molecule has 2 nitrogen and oxygen atoms in total. The summed E-state index contributed by atoms with van der Waals surface area (Å²) in [7, 11) is 0. The number of rotatable bonds is 2. The lowest BCUT2D eigenvalue weighted by molar-refractivity contribution is -0.149. The zero-order valence-electron chi connectivity index (χ0n) is 12.1. The van der Waals surface area contributed by atoms with Crippen molar-refractivity contribution in [1.29, 1.82) is 0 Å². The van der Waals surface area contributed by atoms with Crippen LogP contribution in [0.5, 0.6) is 0 Å². The van der Waals surface area contributed by atoms with Crippen LogP contribution in [-0.4, -0.2) is 17.3 Å². The van der Waals surface area contributed by atoms with Crippen LogP contribution in [0.2, 0.25) is 0 Å². The third-order valence-electron chi connectivity index (χ3n) is 5.88. The first-order chi connectivity index (χ1) is 8.65. The fraction of sp³-hybridized carbons (Fsp3) is 1.00. The van der Waals surface area contributed by atoms with E-state index in [0.717, 1.165) is 19.3 Å².